The number of hydrogen-bond acceptors (Lipinski definition) is 3. The lowest BCUT2D eigenvalue weighted by Crippen LogP contribution is -2.27. The molecule has 1 atom stereocenters. The number of ether oxygens (including phenoxy) is 1. The molecule has 0 amide bonds. The molecule has 0 spiro atoms. The molecular weight excluding hydrogens is 118 g/mol. The Morgan fingerprint density at radius 3 is 1.89 bits per heavy atom. The topological polar surface area (TPSA) is 52.3 Å². The summed E-state index contributed by atoms with van der Waals surface area (Å²) in [5.41, 5.74) is 5.07. The van der Waals surface area contributed by atoms with Crippen molar-refractivity contribution in [2.24, 2.45) is 5.73 Å². The molecule has 0 saturated heterocycles. The van der Waals surface area contributed by atoms with Crippen LogP contribution in [0.2, 0.25) is 0 Å². The Kier molecular flexibility index (Phi) is 9.29. The molecule has 3 nitrogen and oxygen atoms in total. The van der Waals surface area contributed by atoms with Crippen LogP contribution in [0.1, 0.15) is 20.8 Å². The first-order chi connectivity index (χ1) is 4.18. The van der Waals surface area contributed by atoms with Crippen LogP contribution < -0.4 is 5.73 Å². The fraction of sp³-hybridized carbons (Fsp3) is 0.833. The van der Waals surface area contributed by atoms with Crippen LogP contribution in [0.4, 0.5) is 0 Å². The standard InChI is InChI=1S/C4H9NO2.C2H6/c1-3(5)4(6)7-2;1-2/h3H,5H2,1-2H3;1-2H3. The molecule has 0 aromatic carbocycles. The van der Waals surface area contributed by atoms with Crippen LogP contribution in [0.5, 0.6) is 0 Å². The Bertz CT molecular complexity index is 71.5. The van der Waals surface area contributed by atoms with Gasteiger partial charge in [-0.3, -0.25) is 4.79 Å². The van der Waals surface area contributed by atoms with Gasteiger partial charge in [-0.25, -0.2) is 0 Å². The second kappa shape index (κ2) is 7.43. The zero-order valence-corrected chi connectivity index (χ0v) is 6.47. The highest BCUT2D eigenvalue weighted by Gasteiger charge is 2.03. The predicted octanol–water partition coefficient (Wildman–Crippen LogP) is 0.533. The third kappa shape index (κ3) is 7.43. The van der Waals surface area contributed by atoms with E-state index in [0.717, 1.165) is 0 Å². The average Bonchev–Trinajstić information content (AvgIpc) is 1.91. The normalized spacial score (nSPS) is 10.8. The lowest BCUT2D eigenvalue weighted by Gasteiger charge is -1.98. The van der Waals surface area contributed by atoms with E-state index in [2.05, 4.69) is 4.74 Å². The molecule has 0 aromatic rings. The van der Waals surface area contributed by atoms with Gasteiger partial charge in [-0.15, -0.1) is 0 Å². The van der Waals surface area contributed by atoms with Crippen LogP contribution in [0.3, 0.4) is 0 Å². The molecule has 0 aliphatic carbocycles. The van der Waals surface area contributed by atoms with E-state index in [1.54, 1.807) is 6.92 Å². The Labute approximate surface area is 56.2 Å². The second-order valence-corrected chi connectivity index (χ2v) is 1.31. The number of carbonyl (C=O) groups is 1. The molecule has 2 N–H and O–H groups in total. The van der Waals surface area contributed by atoms with Gasteiger partial charge in [-0.1, -0.05) is 13.8 Å². The average molecular weight is 133 g/mol. The van der Waals surface area contributed by atoms with Gasteiger partial charge in [-0.05, 0) is 6.92 Å². The number of rotatable bonds is 1. The quantitative estimate of drug-likeness (QED) is 0.531. The summed E-state index contributed by atoms with van der Waals surface area (Å²) in [6.45, 7) is 5.58. The number of esters is 1. The minimum atomic E-state index is -0.495. The van der Waals surface area contributed by atoms with Crippen molar-refractivity contribution in [2.75, 3.05) is 7.11 Å². The first-order valence-corrected chi connectivity index (χ1v) is 3.02. The highest BCUT2D eigenvalue weighted by Crippen LogP contribution is 1.76. The van der Waals surface area contributed by atoms with E-state index in [4.69, 9.17) is 5.73 Å². The van der Waals surface area contributed by atoms with Crippen LogP contribution in [0.15, 0.2) is 0 Å². The molecule has 0 heterocycles. The Hall–Kier alpha value is -0.570. The minimum absolute atomic E-state index is 0.375. The molecule has 0 saturated carbocycles. The van der Waals surface area contributed by atoms with Crippen molar-refractivity contribution < 1.29 is 9.53 Å². The zero-order valence-electron chi connectivity index (χ0n) is 6.47. The maximum absolute atomic E-state index is 10.2. The second-order valence-electron chi connectivity index (χ2n) is 1.31. The predicted molar refractivity (Wildman–Crippen MR) is 37.0 cm³/mol. The van der Waals surface area contributed by atoms with Crippen molar-refractivity contribution in [3.05, 3.63) is 0 Å². The molecule has 56 valence electrons. The first kappa shape index (κ1) is 11.3. The van der Waals surface area contributed by atoms with Crippen molar-refractivity contribution in [1.82, 2.24) is 0 Å². The van der Waals surface area contributed by atoms with E-state index < -0.39 is 6.04 Å². The summed E-state index contributed by atoms with van der Waals surface area (Å²) < 4.78 is 4.25. The lowest BCUT2D eigenvalue weighted by molar-refractivity contribution is -0.141. The summed E-state index contributed by atoms with van der Waals surface area (Å²) in [7, 11) is 1.31. The summed E-state index contributed by atoms with van der Waals surface area (Å²) >= 11 is 0. The molecule has 0 bridgehead atoms. The van der Waals surface area contributed by atoms with Gasteiger partial charge in [-0.2, -0.15) is 0 Å². The highest BCUT2D eigenvalue weighted by molar-refractivity contribution is 5.74. The van der Waals surface area contributed by atoms with E-state index in [0.29, 0.717) is 0 Å². The van der Waals surface area contributed by atoms with Crippen LogP contribution in [0.25, 0.3) is 0 Å². The molecule has 0 fully saturated rings. The van der Waals surface area contributed by atoms with Gasteiger partial charge in [0.15, 0.2) is 0 Å². The van der Waals surface area contributed by atoms with Crippen molar-refractivity contribution >= 4 is 5.97 Å². The molecule has 0 aliphatic heterocycles. The van der Waals surface area contributed by atoms with Crippen LogP contribution in [0, 0.1) is 0 Å². The molecule has 9 heavy (non-hydrogen) atoms. The Morgan fingerprint density at radius 2 is 1.89 bits per heavy atom. The number of nitrogens with two attached hydrogens (primary N) is 1. The van der Waals surface area contributed by atoms with Gasteiger partial charge in [0.1, 0.15) is 6.04 Å². The van der Waals surface area contributed by atoms with Crippen LogP contribution in [-0.4, -0.2) is 19.1 Å². The van der Waals surface area contributed by atoms with Gasteiger partial charge in [0.2, 0.25) is 0 Å². The maximum atomic E-state index is 10.2. The van der Waals surface area contributed by atoms with E-state index >= 15 is 0 Å². The van der Waals surface area contributed by atoms with Gasteiger partial charge in [0.05, 0.1) is 7.11 Å². The maximum Gasteiger partial charge on any atom is 0.322 e. The summed E-state index contributed by atoms with van der Waals surface area (Å²) in [6, 6.07) is -0.495. The van der Waals surface area contributed by atoms with Crippen molar-refractivity contribution in [2.45, 2.75) is 26.8 Å². The summed E-state index contributed by atoms with van der Waals surface area (Å²) in [6.07, 6.45) is 0. The molecular formula is C6H15NO2. The third-order valence-corrected chi connectivity index (χ3v) is 0.573. The van der Waals surface area contributed by atoms with Crippen LogP contribution in [-0.2, 0) is 9.53 Å². The Morgan fingerprint density at radius 1 is 1.56 bits per heavy atom. The fourth-order valence-corrected chi connectivity index (χ4v) is 0.186. The smallest absolute Gasteiger partial charge is 0.322 e. The van der Waals surface area contributed by atoms with E-state index in [-0.39, 0.29) is 5.97 Å². The SMILES string of the molecule is CC.COC(=O)C(C)N. The minimum Gasteiger partial charge on any atom is -0.468 e. The van der Waals surface area contributed by atoms with Gasteiger partial charge >= 0.3 is 5.97 Å². The van der Waals surface area contributed by atoms with Crippen molar-refractivity contribution in [3.8, 4) is 0 Å². The Balaban J connectivity index is 0. The highest BCUT2D eigenvalue weighted by atomic mass is 16.5. The molecule has 1 unspecified atom stereocenters. The molecule has 0 radical (unpaired) electrons. The van der Waals surface area contributed by atoms with Gasteiger partial charge < -0.3 is 10.5 Å². The third-order valence-electron chi connectivity index (χ3n) is 0.573. The van der Waals surface area contributed by atoms with Crippen molar-refractivity contribution in [3.63, 3.8) is 0 Å². The molecule has 0 aliphatic rings. The first-order valence-electron chi connectivity index (χ1n) is 3.02. The molecule has 0 aromatic heterocycles. The number of methoxy groups -OCH3 is 1. The fourth-order valence-electron chi connectivity index (χ4n) is 0.186. The summed E-state index contributed by atoms with van der Waals surface area (Å²) in [5.74, 6) is -0.375. The van der Waals surface area contributed by atoms with Crippen molar-refractivity contribution in [1.29, 1.82) is 0 Å². The van der Waals surface area contributed by atoms with Crippen LogP contribution >= 0.6 is 0 Å². The number of hydrogen-bond donors (Lipinski definition) is 1. The van der Waals surface area contributed by atoms with E-state index in [1.807, 2.05) is 13.8 Å². The summed E-state index contributed by atoms with van der Waals surface area (Å²) in [5, 5.41) is 0. The van der Waals surface area contributed by atoms with Gasteiger partial charge in [0, 0.05) is 0 Å². The van der Waals surface area contributed by atoms with Gasteiger partial charge in [0.25, 0.3) is 0 Å². The van der Waals surface area contributed by atoms with E-state index in [1.165, 1.54) is 7.11 Å². The number of carbonyl (C=O) groups excluding carboxylic acids is 1. The monoisotopic (exact) mass is 133 g/mol. The molecule has 0 rings (SSSR count). The molecule has 3 heteroatoms. The van der Waals surface area contributed by atoms with E-state index in [9.17, 15) is 4.79 Å². The largest absolute Gasteiger partial charge is 0.468 e. The summed E-state index contributed by atoms with van der Waals surface area (Å²) in [4.78, 5) is 10.2. The lowest BCUT2D eigenvalue weighted by atomic mass is 10.4. The zero-order chi connectivity index (χ0) is 7.86.